The lowest BCUT2D eigenvalue weighted by Crippen LogP contribution is -2.32. The number of aromatic amines is 1. The molecule has 1 atom stereocenters. The molecule has 1 aromatic carbocycles. The highest BCUT2D eigenvalue weighted by Gasteiger charge is 2.31. The van der Waals surface area contributed by atoms with Gasteiger partial charge >= 0.3 is 6.18 Å². The van der Waals surface area contributed by atoms with Crippen molar-refractivity contribution in [1.82, 2.24) is 14.9 Å². The Morgan fingerprint density at radius 2 is 2.04 bits per heavy atom. The van der Waals surface area contributed by atoms with E-state index in [-0.39, 0.29) is 18.4 Å². The molecule has 3 heterocycles. The Bertz CT molecular complexity index is 948. The van der Waals surface area contributed by atoms with Gasteiger partial charge in [-0.15, -0.1) is 11.3 Å². The standard InChI is InChI=1S/C20H18F3N3OS/c21-20(22,23)14-7-5-13(6-8-14)19-25-15(12-28-19)11-18(27)26-10-2-4-17(26)16-3-1-9-24-16/h1,3,5-9,12,17,24H,2,4,10-11H2. The van der Waals surface area contributed by atoms with Gasteiger partial charge in [0.15, 0.2) is 0 Å². The number of thiazole rings is 1. The molecule has 2 aromatic heterocycles. The summed E-state index contributed by atoms with van der Waals surface area (Å²) in [5.74, 6) is 0.0152. The highest BCUT2D eigenvalue weighted by Crippen LogP contribution is 2.33. The third kappa shape index (κ3) is 3.82. The first kappa shape index (κ1) is 18.7. The number of amides is 1. The second-order valence-corrected chi connectivity index (χ2v) is 7.62. The van der Waals surface area contributed by atoms with Crippen LogP contribution in [0.2, 0.25) is 0 Å². The molecule has 1 aliphatic rings. The predicted molar refractivity (Wildman–Crippen MR) is 101 cm³/mol. The third-order valence-corrected chi connectivity index (χ3v) is 5.84. The van der Waals surface area contributed by atoms with E-state index in [4.69, 9.17) is 0 Å². The third-order valence-electron chi connectivity index (χ3n) is 4.90. The van der Waals surface area contributed by atoms with E-state index in [2.05, 4.69) is 9.97 Å². The van der Waals surface area contributed by atoms with Crippen molar-refractivity contribution < 1.29 is 18.0 Å². The van der Waals surface area contributed by atoms with Gasteiger partial charge in [0, 0.05) is 29.4 Å². The molecule has 1 N–H and O–H groups in total. The fraction of sp³-hybridized carbons (Fsp3) is 0.300. The number of hydrogen-bond acceptors (Lipinski definition) is 3. The largest absolute Gasteiger partial charge is 0.416 e. The first-order valence-electron chi connectivity index (χ1n) is 8.96. The molecule has 1 saturated heterocycles. The number of hydrogen-bond donors (Lipinski definition) is 1. The zero-order chi connectivity index (χ0) is 19.7. The molecular formula is C20H18F3N3OS. The number of rotatable bonds is 4. The number of nitrogens with one attached hydrogen (secondary N) is 1. The molecule has 28 heavy (non-hydrogen) atoms. The molecule has 1 amide bonds. The van der Waals surface area contributed by atoms with Crippen LogP contribution in [-0.4, -0.2) is 27.3 Å². The van der Waals surface area contributed by atoms with E-state index in [1.165, 1.54) is 23.5 Å². The van der Waals surface area contributed by atoms with Gasteiger partial charge in [-0.25, -0.2) is 4.98 Å². The van der Waals surface area contributed by atoms with Crippen molar-refractivity contribution in [3.8, 4) is 10.6 Å². The van der Waals surface area contributed by atoms with Crippen LogP contribution in [0.4, 0.5) is 13.2 Å². The Balaban J connectivity index is 1.45. The molecule has 1 unspecified atom stereocenters. The molecule has 0 radical (unpaired) electrons. The summed E-state index contributed by atoms with van der Waals surface area (Å²) in [4.78, 5) is 22.3. The van der Waals surface area contributed by atoms with E-state index in [0.29, 0.717) is 16.3 Å². The minimum Gasteiger partial charge on any atom is -0.363 e. The fourth-order valence-corrected chi connectivity index (χ4v) is 4.34. The Hall–Kier alpha value is -2.61. The van der Waals surface area contributed by atoms with Crippen LogP contribution in [0, 0.1) is 0 Å². The van der Waals surface area contributed by atoms with Crippen molar-refractivity contribution in [2.45, 2.75) is 31.5 Å². The Morgan fingerprint density at radius 1 is 1.25 bits per heavy atom. The van der Waals surface area contributed by atoms with Gasteiger partial charge < -0.3 is 9.88 Å². The van der Waals surface area contributed by atoms with Gasteiger partial charge in [-0.1, -0.05) is 12.1 Å². The lowest BCUT2D eigenvalue weighted by atomic mass is 10.1. The molecule has 1 aliphatic heterocycles. The molecule has 4 rings (SSSR count). The number of alkyl halides is 3. The summed E-state index contributed by atoms with van der Waals surface area (Å²) < 4.78 is 38.1. The number of nitrogens with zero attached hydrogens (tertiary/aromatic N) is 2. The van der Waals surface area contributed by atoms with Crippen molar-refractivity contribution in [3.63, 3.8) is 0 Å². The number of benzene rings is 1. The topological polar surface area (TPSA) is 49.0 Å². The van der Waals surface area contributed by atoms with Crippen LogP contribution in [0.3, 0.4) is 0 Å². The monoisotopic (exact) mass is 405 g/mol. The van der Waals surface area contributed by atoms with Crippen molar-refractivity contribution >= 4 is 17.2 Å². The summed E-state index contributed by atoms with van der Waals surface area (Å²) in [5.41, 5.74) is 1.60. The normalized spacial score (nSPS) is 17.2. The lowest BCUT2D eigenvalue weighted by Gasteiger charge is -2.23. The van der Waals surface area contributed by atoms with Crippen LogP contribution in [0.5, 0.6) is 0 Å². The number of H-pyrrole nitrogens is 1. The van der Waals surface area contributed by atoms with E-state index in [1.807, 2.05) is 23.2 Å². The van der Waals surface area contributed by atoms with Gasteiger partial charge in [0.1, 0.15) is 5.01 Å². The van der Waals surface area contributed by atoms with Gasteiger partial charge in [-0.05, 0) is 37.1 Å². The number of likely N-dealkylation sites (tertiary alicyclic amines) is 1. The quantitative estimate of drug-likeness (QED) is 0.659. The van der Waals surface area contributed by atoms with Crippen LogP contribution in [0.15, 0.2) is 48.0 Å². The number of aromatic nitrogens is 2. The van der Waals surface area contributed by atoms with Gasteiger partial charge in [0.05, 0.1) is 23.7 Å². The zero-order valence-electron chi connectivity index (χ0n) is 14.9. The summed E-state index contributed by atoms with van der Waals surface area (Å²) in [6.07, 6.45) is -0.421. The molecule has 0 spiro atoms. The maximum absolute atomic E-state index is 12.8. The molecule has 1 fully saturated rings. The van der Waals surface area contributed by atoms with E-state index < -0.39 is 11.7 Å². The summed E-state index contributed by atoms with van der Waals surface area (Å²) in [6, 6.07) is 8.90. The number of carbonyl (C=O) groups excluding carboxylic acids is 1. The van der Waals surface area contributed by atoms with Gasteiger partial charge in [0.25, 0.3) is 0 Å². The average Bonchev–Trinajstić information content (AvgIpc) is 3.41. The Labute approximate surface area is 164 Å². The van der Waals surface area contributed by atoms with Crippen molar-refractivity contribution in [2.75, 3.05) is 6.54 Å². The van der Waals surface area contributed by atoms with E-state index >= 15 is 0 Å². The van der Waals surface area contributed by atoms with Gasteiger partial charge in [0.2, 0.25) is 5.91 Å². The minimum absolute atomic E-state index is 0.0152. The van der Waals surface area contributed by atoms with Gasteiger partial charge in [-0.2, -0.15) is 13.2 Å². The molecule has 3 aromatic rings. The second-order valence-electron chi connectivity index (χ2n) is 6.77. The first-order chi connectivity index (χ1) is 13.4. The fourth-order valence-electron chi connectivity index (χ4n) is 3.52. The summed E-state index contributed by atoms with van der Waals surface area (Å²) in [7, 11) is 0. The first-order valence-corrected chi connectivity index (χ1v) is 9.84. The van der Waals surface area contributed by atoms with E-state index in [1.54, 1.807) is 5.38 Å². The molecule has 146 valence electrons. The molecule has 0 bridgehead atoms. The van der Waals surface area contributed by atoms with Crippen LogP contribution in [0.25, 0.3) is 10.6 Å². The smallest absolute Gasteiger partial charge is 0.363 e. The zero-order valence-corrected chi connectivity index (χ0v) is 15.7. The number of carbonyl (C=O) groups is 1. The minimum atomic E-state index is -4.36. The van der Waals surface area contributed by atoms with Crippen LogP contribution < -0.4 is 0 Å². The summed E-state index contributed by atoms with van der Waals surface area (Å²) in [6.45, 7) is 0.721. The predicted octanol–water partition coefficient (Wildman–Crippen LogP) is 5.06. The van der Waals surface area contributed by atoms with Crippen LogP contribution in [-0.2, 0) is 17.4 Å². The average molecular weight is 405 g/mol. The molecule has 8 heteroatoms. The van der Waals surface area contributed by atoms with Crippen molar-refractivity contribution in [2.24, 2.45) is 0 Å². The SMILES string of the molecule is O=C(Cc1csc(-c2ccc(C(F)(F)F)cc2)n1)N1CCCC1c1ccc[nH]1. The maximum atomic E-state index is 12.8. The van der Waals surface area contributed by atoms with Crippen LogP contribution in [0.1, 0.15) is 35.8 Å². The molecule has 4 nitrogen and oxygen atoms in total. The molecular weight excluding hydrogens is 387 g/mol. The maximum Gasteiger partial charge on any atom is 0.416 e. The van der Waals surface area contributed by atoms with E-state index in [0.717, 1.165) is 37.2 Å². The molecule has 0 aliphatic carbocycles. The number of halogens is 3. The van der Waals surface area contributed by atoms with Crippen molar-refractivity contribution in [3.05, 3.63) is 64.9 Å². The molecule has 0 saturated carbocycles. The Morgan fingerprint density at radius 3 is 2.71 bits per heavy atom. The van der Waals surface area contributed by atoms with Gasteiger partial charge in [-0.3, -0.25) is 4.79 Å². The highest BCUT2D eigenvalue weighted by molar-refractivity contribution is 7.13. The van der Waals surface area contributed by atoms with Crippen LogP contribution >= 0.6 is 11.3 Å². The Kier molecular flexibility index (Phi) is 4.97. The summed E-state index contributed by atoms with van der Waals surface area (Å²) in [5, 5.41) is 2.41. The lowest BCUT2D eigenvalue weighted by molar-refractivity contribution is -0.137. The highest BCUT2D eigenvalue weighted by atomic mass is 32.1. The second kappa shape index (κ2) is 7.43. The van der Waals surface area contributed by atoms with E-state index in [9.17, 15) is 18.0 Å². The van der Waals surface area contributed by atoms with Crippen molar-refractivity contribution in [1.29, 1.82) is 0 Å². The summed E-state index contributed by atoms with van der Waals surface area (Å²) >= 11 is 1.33.